The maximum absolute atomic E-state index is 6.06. The van der Waals surface area contributed by atoms with E-state index in [2.05, 4.69) is 10.3 Å². The number of hydrogen-bond donors (Lipinski definition) is 1. The minimum atomic E-state index is 0.483. The molecule has 0 radical (unpaired) electrons. The molecule has 0 bridgehead atoms. The average Bonchev–Trinajstić information content (AvgIpc) is 2.70. The SMILES string of the molecule is NCc1ccc(-n2ccnn2)c(Cl)c1. The molecule has 0 saturated heterocycles. The third kappa shape index (κ3) is 1.62. The maximum atomic E-state index is 6.06. The number of halogens is 1. The van der Waals surface area contributed by atoms with Crippen LogP contribution in [0.2, 0.25) is 5.02 Å². The van der Waals surface area contributed by atoms with Crippen molar-refractivity contribution in [1.29, 1.82) is 0 Å². The van der Waals surface area contributed by atoms with Crippen LogP contribution in [0.3, 0.4) is 0 Å². The Labute approximate surface area is 86.3 Å². The van der Waals surface area contributed by atoms with E-state index in [1.54, 1.807) is 17.1 Å². The molecule has 0 aliphatic rings. The molecule has 1 aromatic heterocycles. The van der Waals surface area contributed by atoms with E-state index in [-0.39, 0.29) is 0 Å². The quantitative estimate of drug-likeness (QED) is 0.811. The molecule has 4 nitrogen and oxygen atoms in total. The molecule has 0 unspecified atom stereocenters. The number of nitrogens with two attached hydrogens (primary N) is 1. The summed E-state index contributed by atoms with van der Waals surface area (Å²) in [6, 6.07) is 5.63. The molecule has 0 amide bonds. The summed E-state index contributed by atoms with van der Waals surface area (Å²) >= 11 is 6.06. The summed E-state index contributed by atoms with van der Waals surface area (Å²) in [6.45, 7) is 0.483. The second kappa shape index (κ2) is 3.77. The second-order valence-electron chi connectivity index (χ2n) is 2.84. The van der Waals surface area contributed by atoms with Gasteiger partial charge in [0.1, 0.15) is 0 Å². The van der Waals surface area contributed by atoms with Crippen molar-refractivity contribution in [2.75, 3.05) is 0 Å². The number of benzene rings is 1. The smallest absolute Gasteiger partial charge is 0.0849 e. The molecule has 0 spiro atoms. The summed E-state index contributed by atoms with van der Waals surface area (Å²) in [4.78, 5) is 0. The molecular formula is C9H9ClN4. The Kier molecular flexibility index (Phi) is 2.47. The third-order valence-electron chi connectivity index (χ3n) is 1.92. The zero-order valence-corrected chi connectivity index (χ0v) is 8.15. The molecular weight excluding hydrogens is 200 g/mol. The highest BCUT2D eigenvalue weighted by Gasteiger charge is 2.03. The lowest BCUT2D eigenvalue weighted by Gasteiger charge is -2.04. The molecule has 2 rings (SSSR count). The lowest BCUT2D eigenvalue weighted by Crippen LogP contribution is -2.00. The normalized spacial score (nSPS) is 10.4. The summed E-state index contributed by atoms with van der Waals surface area (Å²) < 4.78 is 1.61. The summed E-state index contributed by atoms with van der Waals surface area (Å²) in [5.41, 5.74) is 7.30. The number of nitrogens with zero attached hydrogens (tertiary/aromatic N) is 3. The van der Waals surface area contributed by atoms with Crippen LogP contribution in [0.5, 0.6) is 0 Å². The van der Waals surface area contributed by atoms with Crippen molar-refractivity contribution >= 4 is 11.6 Å². The van der Waals surface area contributed by atoms with Crippen LogP contribution in [0.1, 0.15) is 5.56 Å². The van der Waals surface area contributed by atoms with Crippen LogP contribution in [0.15, 0.2) is 30.6 Å². The van der Waals surface area contributed by atoms with E-state index in [1.165, 1.54) is 0 Å². The Morgan fingerprint density at radius 2 is 2.29 bits per heavy atom. The molecule has 0 aliphatic carbocycles. The minimum absolute atomic E-state index is 0.483. The first kappa shape index (κ1) is 9.18. The highest BCUT2D eigenvalue weighted by Crippen LogP contribution is 2.20. The summed E-state index contributed by atoms with van der Waals surface area (Å²) in [5, 5.41) is 8.19. The number of rotatable bonds is 2. The van der Waals surface area contributed by atoms with E-state index in [0.29, 0.717) is 11.6 Å². The lowest BCUT2D eigenvalue weighted by molar-refractivity contribution is 0.802. The molecule has 2 aromatic rings. The van der Waals surface area contributed by atoms with Crippen molar-refractivity contribution in [2.45, 2.75) is 6.54 Å². The van der Waals surface area contributed by atoms with Crippen LogP contribution >= 0.6 is 11.6 Å². The molecule has 1 heterocycles. The molecule has 14 heavy (non-hydrogen) atoms. The van der Waals surface area contributed by atoms with E-state index >= 15 is 0 Å². The van der Waals surface area contributed by atoms with Gasteiger partial charge in [-0.05, 0) is 17.7 Å². The first-order valence-electron chi connectivity index (χ1n) is 4.16. The van der Waals surface area contributed by atoms with E-state index in [1.807, 2.05) is 18.2 Å². The molecule has 0 saturated carbocycles. The monoisotopic (exact) mass is 208 g/mol. The van der Waals surface area contributed by atoms with Crippen molar-refractivity contribution < 1.29 is 0 Å². The van der Waals surface area contributed by atoms with Crippen molar-refractivity contribution in [3.05, 3.63) is 41.2 Å². The van der Waals surface area contributed by atoms with Gasteiger partial charge in [-0.3, -0.25) is 0 Å². The van der Waals surface area contributed by atoms with Crippen molar-refractivity contribution in [3.8, 4) is 5.69 Å². The topological polar surface area (TPSA) is 56.7 Å². The maximum Gasteiger partial charge on any atom is 0.0849 e. The Balaban J connectivity index is 2.46. The van der Waals surface area contributed by atoms with Gasteiger partial charge < -0.3 is 5.73 Å². The van der Waals surface area contributed by atoms with Crippen LogP contribution in [0, 0.1) is 0 Å². The van der Waals surface area contributed by atoms with E-state index < -0.39 is 0 Å². The summed E-state index contributed by atoms with van der Waals surface area (Å²) in [5.74, 6) is 0. The van der Waals surface area contributed by atoms with Crippen LogP contribution in [-0.2, 0) is 6.54 Å². The number of hydrogen-bond acceptors (Lipinski definition) is 3. The van der Waals surface area contributed by atoms with Gasteiger partial charge in [-0.2, -0.15) is 0 Å². The van der Waals surface area contributed by atoms with Gasteiger partial charge in [0, 0.05) is 6.54 Å². The largest absolute Gasteiger partial charge is 0.326 e. The molecule has 0 aliphatic heterocycles. The van der Waals surface area contributed by atoms with Gasteiger partial charge in [0.2, 0.25) is 0 Å². The van der Waals surface area contributed by atoms with Crippen LogP contribution in [-0.4, -0.2) is 15.0 Å². The third-order valence-corrected chi connectivity index (χ3v) is 2.22. The highest BCUT2D eigenvalue weighted by molar-refractivity contribution is 6.32. The van der Waals surface area contributed by atoms with E-state index in [4.69, 9.17) is 17.3 Å². The Morgan fingerprint density at radius 1 is 1.43 bits per heavy atom. The summed E-state index contributed by atoms with van der Waals surface area (Å²) in [7, 11) is 0. The van der Waals surface area contributed by atoms with E-state index in [0.717, 1.165) is 11.3 Å². The Hall–Kier alpha value is -1.39. The van der Waals surface area contributed by atoms with Gasteiger partial charge in [-0.1, -0.05) is 22.9 Å². The average molecular weight is 209 g/mol. The lowest BCUT2D eigenvalue weighted by atomic mass is 10.2. The summed E-state index contributed by atoms with van der Waals surface area (Å²) in [6.07, 6.45) is 3.34. The molecule has 5 heteroatoms. The minimum Gasteiger partial charge on any atom is -0.326 e. The van der Waals surface area contributed by atoms with Gasteiger partial charge in [-0.15, -0.1) is 5.10 Å². The molecule has 0 atom stereocenters. The predicted molar refractivity (Wildman–Crippen MR) is 54.3 cm³/mol. The zero-order chi connectivity index (χ0) is 9.97. The van der Waals surface area contributed by atoms with Gasteiger partial charge in [-0.25, -0.2) is 4.68 Å². The van der Waals surface area contributed by atoms with Gasteiger partial charge in [0.25, 0.3) is 0 Å². The van der Waals surface area contributed by atoms with Crippen LogP contribution in [0.25, 0.3) is 5.69 Å². The second-order valence-corrected chi connectivity index (χ2v) is 3.24. The van der Waals surface area contributed by atoms with Crippen molar-refractivity contribution in [1.82, 2.24) is 15.0 Å². The van der Waals surface area contributed by atoms with E-state index in [9.17, 15) is 0 Å². The number of aromatic nitrogens is 3. The first-order valence-corrected chi connectivity index (χ1v) is 4.54. The zero-order valence-electron chi connectivity index (χ0n) is 7.39. The standard InChI is InChI=1S/C9H9ClN4/c10-8-5-7(6-11)1-2-9(8)14-4-3-12-13-14/h1-5H,6,11H2. The van der Waals surface area contributed by atoms with Gasteiger partial charge in [0.15, 0.2) is 0 Å². The Morgan fingerprint density at radius 3 is 2.86 bits per heavy atom. The van der Waals surface area contributed by atoms with Crippen molar-refractivity contribution in [3.63, 3.8) is 0 Å². The van der Waals surface area contributed by atoms with Crippen LogP contribution < -0.4 is 5.73 Å². The highest BCUT2D eigenvalue weighted by atomic mass is 35.5. The fourth-order valence-corrected chi connectivity index (χ4v) is 1.49. The molecule has 2 N–H and O–H groups in total. The fourth-order valence-electron chi connectivity index (χ4n) is 1.20. The molecule has 72 valence electrons. The van der Waals surface area contributed by atoms with Crippen LogP contribution in [0.4, 0.5) is 0 Å². The van der Waals surface area contributed by atoms with Gasteiger partial charge >= 0.3 is 0 Å². The fraction of sp³-hybridized carbons (Fsp3) is 0.111. The Bertz CT molecular complexity index is 424. The van der Waals surface area contributed by atoms with Crippen molar-refractivity contribution in [2.24, 2.45) is 5.73 Å². The predicted octanol–water partition coefficient (Wildman–Crippen LogP) is 1.38. The first-order chi connectivity index (χ1) is 6.81. The van der Waals surface area contributed by atoms with Gasteiger partial charge in [0.05, 0.1) is 23.1 Å². The molecule has 0 fully saturated rings. The molecule has 1 aromatic carbocycles.